The van der Waals surface area contributed by atoms with Gasteiger partial charge in [-0.05, 0) is 30.3 Å². The first-order chi connectivity index (χ1) is 9.79. The summed E-state index contributed by atoms with van der Waals surface area (Å²) in [5.74, 6) is -0.784. The van der Waals surface area contributed by atoms with Gasteiger partial charge < -0.3 is 16.2 Å². The molecular weight excluding hydrogens is 294 g/mol. The van der Waals surface area contributed by atoms with Gasteiger partial charge in [-0.1, -0.05) is 12.1 Å². The second-order valence-corrected chi connectivity index (χ2v) is 5.80. The zero-order chi connectivity index (χ0) is 15.6. The number of nitrogen functional groups attached to an aromatic ring is 1. The van der Waals surface area contributed by atoms with Crippen LogP contribution in [0.2, 0.25) is 0 Å². The Balaban J connectivity index is 2.39. The monoisotopic (exact) mass is 307 g/mol. The van der Waals surface area contributed by atoms with Crippen LogP contribution in [0.1, 0.15) is 10.4 Å². The lowest BCUT2D eigenvalue weighted by molar-refractivity contribution is 0.102. The van der Waals surface area contributed by atoms with Crippen molar-refractivity contribution in [2.75, 3.05) is 11.1 Å². The lowest BCUT2D eigenvalue weighted by atomic mass is 10.1. The van der Waals surface area contributed by atoms with E-state index in [1.54, 1.807) is 6.07 Å². The number of aromatic hydroxyl groups is 1. The summed E-state index contributed by atoms with van der Waals surface area (Å²) >= 11 is 0. The Hall–Kier alpha value is -2.58. The molecule has 0 saturated carbocycles. The van der Waals surface area contributed by atoms with Crippen LogP contribution in [-0.4, -0.2) is 19.4 Å². The molecule has 7 nitrogen and oxygen atoms in total. The molecule has 0 heterocycles. The van der Waals surface area contributed by atoms with Crippen molar-refractivity contribution in [2.45, 2.75) is 4.90 Å². The number of carbonyl (C=O) groups is 1. The van der Waals surface area contributed by atoms with Crippen molar-refractivity contribution in [1.29, 1.82) is 0 Å². The van der Waals surface area contributed by atoms with Gasteiger partial charge in [-0.2, -0.15) is 0 Å². The molecule has 0 aliphatic rings. The van der Waals surface area contributed by atoms with Crippen LogP contribution in [0.3, 0.4) is 0 Å². The van der Waals surface area contributed by atoms with Crippen molar-refractivity contribution in [2.24, 2.45) is 5.14 Å². The van der Waals surface area contributed by atoms with Gasteiger partial charge in [0.15, 0.2) is 0 Å². The molecule has 8 heteroatoms. The number of amides is 1. The predicted octanol–water partition coefficient (Wildman–Crippen LogP) is 0.874. The Kier molecular flexibility index (Phi) is 3.83. The van der Waals surface area contributed by atoms with Crippen molar-refractivity contribution in [3.63, 3.8) is 0 Å². The molecule has 2 aromatic carbocycles. The molecule has 0 fully saturated rings. The van der Waals surface area contributed by atoms with E-state index in [2.05, 4.69) is 5.32 Å². The van der Waals surface area contributed by atoms with Crippen molar-refractivity contribution in [1.82, 2.24) is 0 Å². The second-order valence-electron chi connectivity index (χ2n) is 4.27. The summed E-state index contributed by atoms with van der Waals surface area (Å²) < 4.78 is 22.9. The van der Waals surface area contributed by atoms with E-state index in [0.29, 0.717) is 0 Å². The first-order valence-electron chi connectivity index (χ1n) is 5.80. The lowest BCUT2D eigenvalue weighted by Gasteiger charge is -2.11. The fourth-order valence-corrected chi connectivity index (χ4v) is 2.44. The predicted molar refractivity (Wildman–Crippen MR) is 78.3 cm³/mol. The van der Waals surface area contributed by atoms with Crippen LogP contribution >= 0.6 is 0 Å². The number of phenols is 1. The van der Waals surface area contributed by atoms with Crippen molar-refractivity contribution in [3.8, 4) is 5.75 Å². The number of rotatable bonds is 3. The Morgan fingerprint density at radius 2 is 1.81 bits per heavy atom. The number of benzene rings is 2. The van der Waals surface area contributed by atoms with Gasteiger partial charge in [-0.25, -0.2) is 13.6 Å². The summed E-state index contributed by atoms with van der Waals surface area (Å²) in [5.41, 5.74) is 5.87. The molecule has 0 unspecified atom stereocenters. The highest BCUT2D eigenvalue weighted by Crippen LogP contribution is 2.23. The van der Waals surface area contributed by atoms with E-state index in [1.165, 1.54) is 36.4 Å². The van der Waals surface area contributed by atoms with Gasteiger partial charge in [-0.3, -0.25) is 4.79 Å². The normalized spacial score (nSPS) is 11.1. The van der Waals surface area contributed by atoms with Crippen LogP contribution < -0.4 is 16.2 Å². The number of hydrogen-bond donors (Lipinski definition) is 4. The summed E-state index contributed by atoms with van der Waals surface area (Å²) in [4.78, 5) is 11.9. The van der Waals surface area contributed by atoms with Gasteiger partial charge >= 0.3 is 0 Å². The van der Waals surface area contributed by atoms with Gasteiger partial charge in [0.2, 0.25) is 10.0 Å². The molecule has 0 aliphatic heterocycles. The smallest absolute Gasteiger partial charge is 0.257 e. The third kappa shape index (κ3) is 3.30. The van der Waals surface area contributed by atoms with E-state index >= 15 is 0 Å². The maximum atomic E-state index is 12.1. The van der Waals surface area contributed by atoms with Crippen molar-refractivity contribution >= 4 is 27.3 Å². The maximum absolute atomic E-state index is 12.1. The van der Waals surface area contributed by atoms with Gasteiger partial charge in [0, 0.05) is 5.69 Å². The molecule has 0 bridgehead atoms. The fraction of sp³-hybridized carbons (Fsp3) is 0. The summed E-state index contributed by atoms with van der Waals surface area (Å²) in [6, 6.07) is 9.60. The van der Waals surface area contributed by atoms with Gasteiger partial charge in [0.05, 0.1) is 11.3 Å². The minimum atomic E-state index is -3.97. The highest BCUT2D eigenvalue weighted by Gasteiger charge is 2.17. The standard InChI is InChI=1S/C13H13N3O4S/c14-10-6-5-8(17)7-9(10)13(18)16-11-3-1-2-4-12(11)21(15,19)20/h1-7,17H,14H2,(H,16,18)(H2,15,19,20). The number of sulfonamides is 1. The van der Waals surface area contributed by atoms with Gasteiger partial charge in [-0.15, -0.1) is 0 Å². The number of primary sulfonamides is 1. The highest BCUT2D eigenvalue weighted by molar-refractivity contribution is 7.89. The van der Waals surface area contributed by atoms with Crippen molar-refractivity contribution < 1.29 is 18.3 Å². The Labute approximate surface area is 121 Å². The van der Waals surface area contributed by atoms with Crippen LogP contribution in [0.25, 0.3) is 0 Å². The number of phenolic OH excluding ortho intramolecular Hbond substituents is 1. The molecule has 110 valence electrons. The molecular formula is C13H13N3O4S. The molecule has 0 aromatic heterocycles. The number of hydrogen-bond acceptors (Lipinski definition) is 5. The Morgan fingerprint density at radius 1 is 1.14 bits per heavy atom. The maximum Gasteiger partial charge on any atom is 0.257 e. The summed E-state index contributed by atoms with van der Waals surface area (Å²) in [6.45, 7) is 0. The summed E-state index contributed by atoms with van der Waals surface area (Å²) in [6.07, 6.45) is 0. The minimum absolute atomic E-state index is 0.0271. The zero-order valence-electron chi connectivity index (χ0n) is 10.8. The number of nitrogens with one attached hydrogen (secondary N) is 1. The minimum Gasteiger partial charge on any atom is -0.508 e. The van der Waals surface area contributed by atoms with Crippen molar-refractivity contribution in [3.05, 3.63) is 48.0 Å². The molecule has 21 heavy (non-hydrogen) atoms. The van der Waals surface area contributed by atoms with E-state index in [1.807, 2.05) is 0 Å². The van der Waals surface area contributed by atoms with Crippen LogP contribution in [0.5, 0.6) is 5.75 Å². The average molecular weight is 307 g/mol. The third-order valence-corrected chi connectivity index (χ3v) is 3.69. The van der Waals surface area contributed by atoms with E-state index in [-0.39, 0.29) is 27.6 Å². The molecule has 0 saturated heterocycles. The first-order valence-corrected chi connectivity index (χ1v) is 7.35. The van der Waals surface area contributed by atoms with Crippen LogP contribution in [0.15, 0.2) is 47.4 Å². The Morgan fingerprint density at radius 3 is 2.48 bits per heavy atom. The molecule has 2 aromatic rings. The topological polar surface area (TPSA) is 136 Å². The second kappa shape index (κ2) is 5.43. The number of carbonyl (C=O) groups excluding carboxylic acids is 1. The largest absolute Gasteiger partial charge is 0.508 e. The van der Waals surface area contributed by atoms with Crippen LogP contribution in [0.4, 0.5) is 11.4 Å². The number of anilines is 2. The summed E-state index contributed by atoms with van der Waals surface area (Å²) in [7, 11) is -3.97. The lowest BCUT2D eigenvalue weighted by Crippen LogP contribution is -2.19. The number of para-hydroxylation sites is 1. The SMILES string of the molecule is Nc1ccc(O)cc1C(=O)Nc1ccccc1S(N)(=O)=O. The van der Waals surface area contributed by atoms with Crippen LogP contribution in [-0.2, 0) is 10.0 Å². The van der Waals surface area contributed by atoms with E-state index in [4.69, 9.17) is 10.9 Å². The molecule has 0 radical (unpaired) electrons. The molecule has 0 aliphatic carbocycles. The molecule has 0 atom stereocenters. The fourth-order valence-electron chi connectivity index (χ4n) is 1.75. The third-order valence-electron chi connectivity index (χ3n) is 2.72. The van der Waals surface area contributed by atoms with E-state index < -0.39 is 15.9 Å². The van der Waals surface area contributed by atoms with Gasteiger partial charge in [0.25, 0.3) is 5.91 Å². The van der Waals surface area contributed by atoms with Crippen LogP contribution in [0, 0.1) is 0 Å². The molecule has 1 amide bonds. The first kappa shape index (κ1) is 14.8. The molecule has 6 N–H and O–H groups in total. The summed E-state index contributed by atoms with van der Waals surface area (Å²) in [5, 5.41) is 16.9. The molecule has 2 rings (SSSR count). The average Bonchev–Trinajstić information content (AvgIpc) is 2.41. The van der Waals surface area contributed by atoms with E-state index in [0.717, 1.165) is 0 Å². The quantitative estimate of drug-likeness (QED) is 0.493. The molecule has 0 spiro atoms. The highest BCUT2D eigenvalue weighted by atomic mass is 32.2. The zero-order valence-corrected chi connectivity index (χ0v) is 11.6. The van der Waals surface area contributed by atoms with E-state index in [9.17, 15) is 18.3 Å². The van der Waals surface area contributed by atoms with Gasteiger partial charge in [0.1, 0.15) is 10.6 Å². The Bertz CT molecular complexity index is 803. The number of nitrogens with two attached hydrogens (primary N) is 2.